The van der Waals surface area contributed by atoms with Crippen LogP contribution in [0.5, 0.6) is 0 Å². The first-order valence-corrected chi connectivity index (χ1v) is 8.62. The lowest BCUT2D eigenvalue weighted by Gasteiger charge is -2.08. The summed E-state index contributed by atoms with van der Waals surface area (Å²) in [4.78, 5) is 39.0. The summed E-state index contributed by atoms with van der Waals surface area (Å²) in [5.74, 6) is -0.224. The Labute approximate surface area is 155 Å². The van der Waals surface area contributed by atoms with E-state index in [1.807, 2.05) is 13.8 Å². The van der Waals surface area contributed by atoms with Gasteiger partial charge in [0.1, 0.15) is 5.52 Å². The number of H-pyrrole nitrogens is 1. The van der Waals surface area contributed by atoms with E-state index < -0.39 is 5.91 Å². The van der Waals surface area contributed by atoms with Gasteiger partial charge in [-0.25, -0.2) is 4.52 Å². The van der Waals surface area contributed by atoms with Gasteiger partial charge >= 0.3 is 0 Å². The van der Waals surface area contributed by atoms with E-state index in [2.05, 4.69) is 20.7 Å². The van der Waals surface area contributed by atoms with E-state index in [4.69, 9.17) is 0 Å². The summed E-state index contributed by atoms with van der Waals surface area (Å²) in [5, 5.41) is 9.69. The smallest absolute Gasteiger partial charge is 0.276 e. The molecule has 0 bridgehead atoms. The first kappa shape index (κ1) is 18.4. The molecule has 3 aromatic rings. The van der Waals surface area contributed by atoms with Crippen molar-refractivity contribution < 1.29 is 9.59 Å². The lowest BCUT2D eigenvalue weighted by molar-refractivity contribution is 0.0948. The van der Waals surface area contributed by atoms with Crippen LogP contribution in [0, 0.1) is 12.8 Å². The van der Waals surface area contributed by atoms with E-state index >= 15 is 0 Å². The predicted octanol–water partition coefficient (Wildman–Crippen LogP) is 1.97. The molecule has 0 atom stereocenters. The van der Waals surface area contributed by atoms with Crippen molar-refractivity contribution in [2.24, 2.45) is 5.92 Å². The average molecular weight is 367 g/mol. The largest absolute Gasteiger partial charge is 0.352 e. The molecule has 0 fully saturated rings. The van der Waals surface area contributed by atoms with Gasteiger partial charge in [-0.2, -0.15) is 5.10 Å². The number of hydrogen-bond acceptors (Lipinski definition) is 4. The van der Waals surface area contributed by atoms with Crippen molar-refractivity contribution in [2.75, 3.05) is 11.9 Å². The molecule has 2 amide bonds. The summed E-state index contributed by atoms with van der Waals surface area (Å²) >= 11 is 0. The van der Waals surface area contributed by atoms with E-state index in [0.717, 1.165) is 0 Å². The third kappa shape index (κ3) is 4.22. The van der Waals surface area contributed by atoms with Crippen LogP contribution < -0.4 is 16.2 Å². The Kier molecular flexibility index (Phi) is 5.07. The maximum Gasteiger partial charge on any atom is 0.276 e. The number of hydrogen-bond donors (Lipinski definition) is 3. The van der Waals surface area contributed by atoms with Gasteiger partial charge in [-0.1, -0.05) is 13.8 Å². The minimum absolute atomic E-state index is 0.129. The number of carbonyl (C=O) groups excluding carboxylic acids is 2. The number of benzene rings is 1. The summed E-state index contributed by atoms with van der Waals surface area (Å²) in [5.41, 5.74) is 1.81. The molecule has 0 saturated carbocycles. The fourth-order valence-electron chi connectivity index (χ4n) is 2.53. The van der Waals surface area contributed by atoms with Gasteiger partial charge in [-0.15, -0.1) is 0 Å². The fraction of sp³-hybridized carbons (Fsp3) is 0.263. The quantitative estimate of drug-likeness (QED) is 0.640. The van der Waals surface area contributed by atoms with Gasteiger partial charge in [-0.3, -0.25) is 14.4 Å². The molecule has 8 heteroatoms. The Morgan fingerprint density at radius 1 is 1.19 bits per heavy atom. The van der Waals surface area contributed by atoms with Crippen LogP contribution >= 0.6 is 0 Å². The summed E-state index contributed by atoms with van der Waals surface area (Å²) in [7, 11) is 0. The lowest BCUT2D eigenvalue weighted by Crippen LogP contribution is -2.27. The third-order valence-electron chi connectivity index (χ3n) is 3.90. The number of aromatic nitrogens is 3. The van der Waals surface area contributed by atoms with E-state index in [9.17, 15) is 14.4 Å². The molecule has 0 spiro atoms. The minimum atomic E-state index is -0.437. The molecule has 0 aliphatic heterocycles. The number of anilines is 1. The van der Waals surface area contributed by atoms with Gasteiger partial charge in [0.15, 0.2) is 5.69 Å². The molecular formula is C19H21N5O3. The highest BCUT2D eigenvalue weighted by Crippen LogP contribution is 2.12. The van der Waals surface area contributed by atoms with Gasteiger partial charge in [-0.05, 0) is 37.1 Å². The van der Waals surface area contributed by atoms with Crippen molar-refractivity contribution in [3.63, 3.8) is 0 Å². The molecule has 0 saturated heterocycles. The van der Waals surface area contributed by atoms with E-state index in [1.165, 1.54) is 10.6 Å². The number of nitrogens with one attached hydrogen (secondary N) is 3. The molecule has 8 nitrogen and oxygen atoms in total. The number of nitrogens with zero attached hydrogens (tertiary/aromatic N) is 2. The highest BCUT2D eigenvalue weighted by Gasteiger charge is 2.14. The molecular weight excluding hydrogens is 346 g/mol. The average Bonchev–Trinajstić information content (AvgIpc) is 3.05. The standard InChI is InChI=1S/C19H21N5O3/c1-11(2)9-20-17(25)13-4-6-14(7-5-13)22-18(26)15-8-16-19(27)21-12(3)10-24(16)23-15/h4-8,10-11H,9H2,1-3H3,(H,20,25)(H,21,27)(H,22,26). The molecule has 2 heterocycles. The highest BCUT2D eigenvalue weighted by molar-refractivity contribution is 6.04. The van der Waals surface area contributed by atoms with E-state index in [-0.39, 0.29) is 17.2 Å². The summed E-state index contributed by atoms with van der Waals surface area (Å²) in [6.07, 6.45) is 1.64. The van der Waals surface area contributed by atoms with Gasteiger partial charge in [0.05, 0.1) is 0 Å². The third-order valence-corrected chi connectivity index (χ3v) is 3.90. The van der Waals surface area contributed by atoms with Crippen molar-refractivity contribution in [3.05, 3.63) is 63.8 Å². The summed E-state index contributed by atoms with van der Waals surface area (Å²) in [6, 6.07) is 8.01. The molecule has 3 rings (SSSR count). The van der Waals surface area contributed by atoms with Crippen molar-refractivity contribution in [2.45, 2.75) is 20.8 Å². The number of aromatic amines is 1. The van der Waals surface area contributed by atoms with Gasteiger partial charge < -0.3 is 15.6 Å². The summed E-state index contributed by atoms with van der Waals surface area (Å²) in [6.45, 7) is 6.38. The van der Waals surface area contributed by atoms with Crippen LogP contribution in [0.4, 0.5) is 5.69 Å². The summed E-state index contributed by atoms with van der Waals surface area (Å²) < 4.78 is 1.38. The Balaban J connectivity index is 1.72. The van der Waals surface area contributed by atoms with Crippen molar-refractivity contribution in [1.29, 1.82) is 0 Å². The van der Waals surface area contributed by atoms with Crippen LogP contribution in [0.2, 0.25) is 0 Å². The first-order chi connectivity index (χ1) is 12.8. The number of carbonyl (C=O) groups is 2. The maximum atomic E-state index is 12.4. The van der Waals surface area contributed by atoms with E-state index in [0.29, 0.717) is 34.9 Å². The fourth-order valence-corrected chi connectivity index (χ4v) is 2.53. The topological polar surface area (TPSA) is 108 Å². The number of aryl methyl sites for hydroxylation is 1. The molecule has 140 valence electrons. The maximum absolute atomic E-state index is 12.4. The second-order valence-electron chi connectivity index (χ2n) is 6.76. The van der Waals surface area contributed by atoms with Crippen LogP contribution in [-0.4, -0.2) is 33.0 Å². The van der Waals surface area contributed by atoms with Gasteiger partial charge in [0.2, 0.25) is 0 Å². The molecule has 0 aliphatic carbocycles. The second-order valence-corrected chi connectivity index (χ2v) is 6.76. The Morgan fingerprint density at radius 3 is 2.56 bits per heavy atom. The lowest BCUT2D eigenvalue weighted by atomic mass is 10.1. The molecule has 27 heavy (non-hydrogen) atoms. The molecule has 3 N–H and O–H groups in total. The Hall–Kier alpha value is -3.42. The van der Waals surface area contributed by atoms with Crippen LogP contribution in [0.25, 0.3) is 5.52 Å². The monoisotopic (exact) mass is 367 g/mol. The number of amides is 2. The zero-order valence-corrected chi connectivity index (χ0v) is 15.4. The Morgan fingerprint density at radius 2 is 1.89 bits per heavy atom. The number of fused-ring (bicyclic) bond motifs is 1. The number of rotatable bonds is 5. The first-order valence-electron chi connectivity index (χ1n) is 8.62. The molecule has 2 aromatic heterocycles. The van der Waals surface area contributed by atoms with Crippen molar-refractivity contribution >= 4 is 23.0 Å². The van der Waals surface area contributed by atoms with E-state index in [1.54, 1.807) is 37.4 Å². The molecule has 0 radical (unpaired) electrons. The van der Waals surface area contributed by atoms with Crippen molar-refractivity contribution in [3.8, 4) is 0 Å². The SMILES string of the molecule is Cc1cn2nc(C(=O)Nc3ccc(C(=O)NCC(C)C)cc3)cc2c(=O)[nH]1. The minimum Gasteiger partial charge on any atom is -0.352 e. The van der Waals surface area contributed by atoms with Crippen LogP contribution in [-0.2, 0) is 0 Å². The zero-order chi connectivity index (χ0) is 19.6. The predicted molar refractivity (Wildman–Crippen MR) is 102 cm³/mol. The van der Waals surface area contributed by atoms with Gasteiger partial charge in [0.25, 0.3) is 17.4 Å². The van der Waals surface area contributed by atoms with Gasteiger partial charge in [0, 0.05) is 35.8 Å². The molecule has 1 aromatic carbocycles. The molecule has 0 aliphatic rings. The Bertz CT molecular complexity index is 1050. The van der Waals surface area contributed by atoms with Crippen molar-refractivity contribution in [1.82, 2.24) is 19.9 Å². The second kappa shape index (κ2) is 7.45. The van der Waals surface area contributed by atoms with Crippen LogP contribution in [0.3, 0.4) is 0 Å². The molecule has 0 unspecified atom stereocenters. The normalized spacial score (nSPS) is 11.0. The van der Waals surface area contributed by atoms with Crippen LogP contribution in [0.15, 0.2) is 41.3 Å². The highest BCUT2D eigenvalue weighted by atomic mass is 16.2. The zero-order valence-electron chi connectivity index (χ0n) is 15.4. The van der Waals surface area contributed by atoms with Crippen LogP contribution in [0.1, 0.15) is 40.4 Å².